The number of carbonyl (C=O) groups excluding carboxylic acids is 1. The van der Waals surface area contributed by atoms with E-state index < -0.39 is 24.6 Å². The molecule has 0 amide bonds. The molecule has 1 atom stereocenters. The van der Waals surface area contributed by atoms with E-state index >= 15 is 0 Å². The number of nitrogens with zero attached hydrogens (tertiary/aromatic N) is 3. The lowest BCUT2D eigenvalue weighted by Crippen LogP contribution is -2.33. The lowest BCUT2D eigenvalue weighted by Gasteiger charge is -2.16. The maximum Gasteiger partial charge on any atom is 0.416 e. The summed E-state index contributed by atoms with van der Waals surface area (Å²) in [5, 5.41) is 9.04. The molecule has 0 radical (unpaired) electrons. The first-order valence-corrected chi connectivity index (χ1v) is 5.60. The summed E-state index contributed by atoms with van der Waals surface area (Å²) in [6, 6.07) is 3.01. The molecular weight excluding hydrogens is 275 g/mol. The van der Waals surface area contributed by atoms with Crippen LogP contribution in [0.25, 0.3) is 0 Å². The topological polar surface area (TPSA) is 68.0 Å². The van der Waals surface area contributed by atoms with Crippen molar-refractivity contribution < 1.29 is 23.1 Å². The molecule has 20 heavy (non-hydrogen) atoms. The lowest BCUT2D eigenvalue weighted by molar-refractivity contribution is -0.207. The Bertz CT molecular complexity index is 595. The average Bonchev–Trinajstić information content (AvgIpc) is 2.86. The van der Waals surface area contributed by atoms with Gasteiger partial charge in [0.25, 0.3) is 0 Å². The predicted molar refractivity (Wildman–Crippen MR) is 62.0 cm³/mol. The zero-order valence-corrected chi connectivity index (χ0v) is 10.1. The molecule has 0 aliphatic carbocycles. The summed E-state index contributed by atoms with van der Waals surface area (Å²) in [5.74, 6) is -0.737. The van der Waals surface area contributed by atoms with Crippen molar-refractivity contribution in [3.63, 3.8) is 0 Å². The van der Waals surface area contributed by atoms with Crippen LogP contribution in [0.4, 0.5) is 13.2 Å². The Morgan fingerprint density at radius 2 is 2.15 bits per heavy atom. The van der Waals surface area contributed by atoms with E-state index in [1.54, 1.807) is 0 Å². The van der Waals surface area contributed by atoms with Crippen molar-refractivity contribution in [1.82, 2.24) is 14.5 Å². The van der Waals surface area contributed by atoms with E-state index in [-0.39, 0.29) is 11.4 Å². The number of aliphatic hydroxyl groups is 1. The number of imidazole rings is 1. The molecule has 0 saturated carbocycles. The number of ketones is 1. The highest BCUT2D eigenvalue weighted by molar-refractivity contribution is 6.06. The Labute approximate surface area is 111 Å². The quantitative estimate of drug-likeness (QED) is 0.863. The van der Waals surface area contributed by atoms with Crippen molar-refractivity contribution in [2.75, 3.05) is 0 Å². The SMILES string of the molecule is O=C(c1cccnc1)c1nccn1C[C@H](O)C(F)(F)F. The summed E-state index contributed by atoms with van der Waals surface area (Å²) in [4.78, 5) is 19.6. The van der Waals surface area contributed by atoms with Crippen LogP contribution >= 0.6 is 0 Å². The standard InChI is InChI=1S/C12H10F3N3O2/c13-12(14,15)9(19)7-18-5-4-17-11(18)10(20)8-2-1-3-16-6-8/h1-6,9,19H,7H2/t9-/m0/s1. The zero-order chi connectivity index (χ0) is 14.8. The number of hydrogen-bond donors (Lipinski definition) is 1. The van der Waals surface area contributed by atoms with Crippen molar-refractivity contribution in [1.29, 1.82) is 0 Å². The van der Waals surface area contributed by atoms with Gasteiger partial charge >= 0.3 is 6.18 Å². The summed E-state index contributed by atoms with van der Waals surface area (Å²) in [6.07, 6.45) is -2.14. The fourth-order valence-electron chi connectivity index (χ4n) is 1.58. The number of alkyl halides is 3. The highest BCUT2D eigenvalue weighted by Crippen LogP contribution is 2.21. The molecule has 8 heteroatoms. The molecule has 2 aromatic rings. The van der Waals surface area contributed by atoms with Crippen LogP contribution in [0.15, 0.2) is 36.9 Å². The van der Waals surface area contributed by atoms with E-state index in [2.05, 4.69) is 9.97 Å². The van der Waals surface area contributed by atoms with Crippen LogP contribution in [-0.4, -0.2) is 37.7 Å². The van der Waals surface area contributed by atoms with Crippen LogP contribution in [0.5, 0.6) is 0 Å². The van der Waals surface area contributed by atoms with E-state index in [1.165, 1.54) is 36.9 Å². The van der Waals surface area contributed by atoms with Gasteiger partial charge in [-0.05, 0) is 12.1 Å². The number of carbonyl (C=O) groups is 1. The van der Waals surface area contributed by atoms with Crippen molar-refractivity contribution >= 4 is 5.78 Å². The minimum Gasteiger partial charge on any atom is -0.382 e. The number of aliphatic hydroxyl groups excluding tert-OH is 1. The van der Waals surface area contributed by atoms with Gasteiger partial charge in [-0.15, -0.1) is 0 Å². The van der Waals surface area contributed by atoms with Crippen molar-refractivity contribution in [2.24, 2.45) is 0 Å². The molecule has 0 aromatic carbocycles. The fourth-order valence-corrected chi connectivity index (χ4v) is 1.58. The first-order valence-electron chi connectivity index (χ1n) is 5.60. The Hall–Kier alpha value is -2.22. The maximum atomic E-state index is 12.3. The molecule has 106 valence electrons. The molecule has 2 heterocycles. The van der Waals surface area contributed by atoms with Crippen LogP contribution < -0.4 is 0 Å². The van der Waals surface area contributed by atoms with Gasteiger partial charge in [-0.3, -0.25) is 9.78 Å². The smallest absolute Gasteiger partial charge is 0.382 e. The Morgan fingerprint density at radius 1 is 1.40 bits per heavy atom. The second kappa shape index (κ2) is 5.41. The zero-order valence-electron chi connectivity index (χ0n) is 10.1. The lowest BCUT2D eigenvalue weighted by atomic mass is 10.2. The molecule has 0 saturated heterocycles. The molecule has 0 fully saturated rings. The van der Waals surface area contributed by atoms with Crippen LogP contribution in [-0.2, 0) is 6.54 Å². The summed E-state index contributed by atoms with van der Waals surface area (Å²) < 4.78 is 37.9. The highest BCUT2D eigenvalue weighted by Gasteiger charge is 2.38. The second-order valence-electron chi connectivity index (χ2n) is 4.03. The molecule has 5 nitrogen and oxygen atoms in total. The van der Waals surface area contributed by atoms with Crippen molar-refractivity contribution in [3.8, 4) is 0 Å². The Kier molecular flexibility index (Phi) is 3.84. The van der Waals surface area contributed by atoms with Gasteiger partial charge in [0.15, 0.2) is 11.9 Å². The van der Waals surface area contributed by atoms with Crippen molar-refractivity contribution in [3.05, 3.63) is 48.3 Å². The third-order valence-corrected chi connectivity index (χ3v) is 2.59. The first kappa shape index (κ1) is 14.2. The summed E-state index contributed by atoms with van der Waals surface area (Å²) in [5.41, 5.74) is 0.210. The molecular formula is C12H10F3N3O2. The largest absolute Gasteiger partial charge is 0.416 e. The number of pyridine rings is 1. The Morgan fingerprint density at radius 3 is 2.75 bits per heavy atom. The van der Waals surface area contributed by atoms with E-state index in [0.29, 0.717) is 0 Å². The molecule has 2 rings (SSSR count). The van der Waals surface area contributed by atoms with Gasteiger partial charge in [-0.2, -0.15) is 13.2 Å². The predicted octanol–water partition coefficient (Wildman–Crippen LogP) is 1.43. The number of rotatable bonds is 4. The van der Waals surface area contributed by atoms with Gasteiger partial charge in [0.2, 0.25) is 5.78 Å². The summed E-state index contributed by atoms with van der Waals surface area (Å²) in [7, 11) is 0. The fraction of sp³-hybridized carbons (Fsp3) is 0.250. The molecule has 1 N–H and O–H groups in total. The molecule has 0 bridgehead atoms. The van der Waals surface area contributed by atoms with Gasteiger partial charge < -0.3 is 9.67 Å². The molecule has 0 spiro atoms. The monoisotopic (exact) mass is 285 g/mol. The van der Waals surface area contributed by atoms with Crippen LogP contribution in [0, 0.1) is 0 Å². The van der Waals surface area contributed by atoms with E-state index in [9.17, 15) is 18.0 Å². The maximum absolute atomic E-state index is 12.3. The van der Waals surface area contributed by atoms with E-state index in [4.69, 9.17) is 5.11 Å². The third kappa shape index (κ3) is 3.02. The molecule has 0 aliphatic rings. The molecule has 0 unspecified atom stereocenters. The van der Waals surface area contributed by atoms with E-state index in [0.717, 1.165) is 4.57 Å². The molecule has 2 aromatic heterocycles. The number of hydrogen-bond acceptors (Lipinski definition) is 4. The summed E-state index contributed by atoms with van der Waals surface area (Å²) in [6.45, 7) is -0.787. The van der Waals surface area contributed by atoms with Crippen LogP contribution in [0.2, 0.25) is 0 Å². The third-order valence-electron chi connectivity index (χ3n) is 2.59. The first-order chi connectivity index (χ1) is 9.39. The van der Waals surface area contributed by atoms with Crippen LogP contribution in [0.1, 0.15) is 16.2 Å². The van der Waals surface area contributed by atoms with Gasteiger partial charge in [0, 0.05) is 30.4 Å². The normalized spacial score (nSPS) is 13.2. The van der Waals surface area contributed by atoms with E-state index in [1.807, 2.05) is 0 Å². The summed E-state index contributed by atoms with van der Waals surface area (Å²) >= 11 is 0. The van der Waals surface area contributed by atoms with Crippen LogP contribution in [0.3, 0.4) is 0 Å². The number of halogens is 3. The minimum absolute atomic E-state index is 0.179. The minimum atomic E-state index is -4.75. The van der Waals surface area contributed by atoms with Gasteiger partial charge in [-0.25, -0.2) is 4.98 Å². The van der Waals surface area contributed by atoms with Gasteiger partial charge in [0.05, 0.1) is 6.54 Å². The Balaban J connectivity index is 2.23. The van der Waals surface area contributed by atoms with Crippen molar-refractivity contribution in [2.45, 2.75) is 18.8 Å². The molecule has 0 aliphatic heterocycles. The average molecular weight is 285 g/mol. The van der Waals surface area contributed by atoms with Gasteiger partial charge in [0.1, 0.15) is 0 Å². The second-order valence-corrected chi connectivity index (χ2v) is 4.03. The number of aromatic nitrogens is 3. The highest BCUT2D eigenvalue weighted by atomic mass is 19.4. The van der Waals surface area contributed by atoms with Gasteiger partial charge in [-0.1, -0.05) is 0 Å².